The maximum Gasteiger partial charge on any atom is 0.266 e. The fourth-order valence-electron chi connectivity index (χ4n) is 1.46. The number of rotatable bonds is 7. The molecule has 0 saturated carbocycles. The maximum absolute atomic E-state index is 12.2. The summed E-state index contributed by atoms with van der Waals surface area (Å²) >= 11 is 0. The van der Waals surface area contributed by atoms with E-state index < -0.39 is 0 Å². The van der Waals surface area contributed by atoms with Crippen molar-refractivity contribution in [1.29, 1.82) is 5.26 Å². The Kier molecular flexibility index (Phi) is 6.28. The minimum atomic E-state index is -0.379. The van der Waals surface area contributed by atoms with Crippen molar-refractivity contribution in [3.63, 3.8) is 0 Å². The second kappa shape index (κ2) is 8.27. The molecule has 0 aliphatic heterocycles. The molecular formula is C15H16N4O. The number of nitriles is 1. The first-order valence-corrected chi connectivity index (χ1v) is 6.01. The van der Waals surface area contributed by atoms with E-state index in [2.05, 4.69) is 23.5 Å². The molecule has 0 atom stereocenters. The molecule has 20 heavy (non-hydrogen) atoms. The number of anilines is 1. The lowest BCUT2D eigenvalue weighted by Crippen LogP contribution is -2.32. The molecule has 0 saturated heterocycles. The summed E-state index contributed by atoms with van der Waals surface area (Å²) in [7, 11) is 0. The van der Waals surface area contributed by atoms with Gasteiger partial charge in [-0.3, -0.25) is 4.79 Å². The number of pyridine rings is 1. The van der Waals surface area contributed by atoms with Crippen molar-refractivity contribution in [2.45, 2.75) is 0 Å². The Hall–Kier alpha value is -2.87. The lowest BCUT2D eigenvalue weighted by Gasteiger charge is -2.18. The standard InChI is InChI=1S/C15H16N4O/c1-3-9-19(10-4-2)15(20)13(11-16)12-18-14-7-5-6-8-17-14/h3-8,12H,1-2,9-10H2,(H,17,18)/b13-12-. The Morgan fingerprint density at radius 2 is 2.10 bits per heavy atom. The van der Waals surface area contributed by atoms with Crippen molar-refractivity contribution in [3.8, 4) is 6.07 Å². The van der Waals surface area contributed by atoms with Crippen molar-refractivity contribution in [3.05, 3.63) is 61.5 Å². The number of hydrogen-bond donors (Lipinski definition) is 1. The van der Waals surface area contributed by atoms with Crippen LogP contribution < -0.4 is 5.32 Å². The zero-order valence-corrected chi connectivity index (χ0v) is 11.1. The molecule has 1 amide bonds. The topological polar surface area (TPSA) is 69.0 Å². The van der Waals surface area contributed by atoms with Crippen LogP contribution in [0.25, 0.3) is 0 Å². The van der Waals surface area contributed by atoms with E-state index in [9.17, 15) is 4.79 Å². The Morgan fingerprint density at radius 3 is 2.60 bits per heavy atom. The van der Waals surface area contributed by atoms with Gasteiger partial charge in [0.2, 0.25) is 0 Å². The molecule has 0 aliphatic carbocycles. The van der Waals surface area contributed by atoms with Crippen LogP contribution in [-0.2, 0) is 4.79 Å². The van der Waals surface area contributed by atoms with E-state index >= 15 is 0 Å². The molecule has 0 bridgehead atoms. The lowest BCUT2D eigenvalue weighted by atomic mass is 10.2. The molecule has 5 nitrogen and oxygen atoms in total. The van der Waals surface area contributed by atoms with Crippen LogP contribution in [0.15, 0.2) is 61.5 Å². The van der Waals surface area contributed by atoms with Crippen molar-refractivity contribution < 1.29 is 4.79 Å². The second-order valence-corrected chi connectivity index (χ2v) is 3.82. The number of hydrogen-bond acceptors (Lipinski definition) is 4. The minimum absolute atomic E-state index is 0.000599. The summed E-state index contributed by atoms with van der Waals surface area (Å²) in [5, 5.41) is 11.9. The predicted molar refractivity (Wildman–Crippen MR) is 78.5 cm³/mol. The summed E-state index contributed by atoms with van der Waals surface area (Å²) in [6, 6.07) is 7.20. The highest BCUT2D eigenvalue weighted by Crippen LogP contribution is 2.05. The number of nitrogens with zero attached hydrogens (tertiary/aromatic N) is 3. The SMILES string of the molecule is C=CCN(CC=C)C(=O)/C(C#N)=C\Nc1ccccn1. The van der Waals surface area contributed by atoms with Crippen molar-refractivity contribution in [1.82, 2.24) is 9.88 Å². The predicted octanol–water partition coefficient (Wildman–Crippen LogP) is 2.10. The van der Waals surface area contributed by atoms with Crippen LogP contribution >= 0.6 is 0 Å². The molecule has 1 aromatic rings. The fraction of sp³-hybridized carbons (Fsp3) is 0.133. The van der Waals surface area contributed by atoms with Gasteiger partial charge in [-0.25, -0.2) is 4.98 Å². The van der Waals surface area contributed by atoms with E-state index in [1.54, 1.807) is 36.5 Å². The third-order valence-corrected chi connectivity index (χ3v) is 2.37. The van der Waals surface area contributed by atoms with Gasteiger partial charge in [-0.05, 0) is 12.1 Å². The van der Waals surface area contributed by atoms with Crippen molar-refractivity contribution >= 4 is 11.7 Å². The van der Waals surface area contributed by atoms with E-state index in [4.69, 9.17) is 5.26 Å². The monoisotopic (exact) mass is 268 g/mol. The number of aromatic nitrogens is 1. The zero-order valence-electron chi connectivity index (χ0n) is 11.1. The summed E-state index contributed by atoms with van der Waals surface area (Å²) in [5.74, 6) is 0.183. The second-order valence-electron chi connectivity index (χ2n) is 3.82. The van der Waals surface area contributed by atoms with Gasteiger partial charge < -0.3 is 10.2 Å². The van der Waals surface area contributed by atoms with E-state index in [0.29, 0.717) is 18.9 Å². The molecule has 0 aromatic carbocycles. The summed E-state index contributed by atoms with van der Waals surface area (Å²) in [5.41, 5.74) is -0.000599. The molecule has 0 fully saturated rings. The van der Waals surface area contributed by atoms with Gasteiger partial charge in [0.15, 0.2) is 0 Å². The molecule has 102 valence electrons. The maximum atomic E-state index is 12.2. The van der Waals surface area contributed by atoms with Crippen LogP contribution in [0, 0.1) is 11.3 Å². The molecule has 5 heteroatoms. The van der Waals surface area contributed by atoms with Crippen LogP contribution in [-0.4, -0.2) is 28.9 Å². The molecule has 1 N–H and O–H groups in total. The molecule has 0 spiro atoms. The molecule has 1 rings (SSSR count). The molecule has 1 heterocycles. The number of nitrogens with one attached hydrogen (secondary N) is 1. The summed E-state index contributed by atoms with van der Waals surface area (Å²) in [6.45, 7) is 7.88. The van der Waals surface area contributed by atoms with Gasteiger partial charge >= 0.3 is 0 Å². The summed E-state index contributed by atoms with van der Waals surface area (Å²) in [6.07, 6.45) is 6.17. The number of amides is 1. The van der Waals surface area contributed by atoms with E-state index in [1.165, 1.54) is 11.1 Å². The highest BCUT2D eigenvalue weighted by atomic mass is 16.2. The van der Waals surface area contributed by atoms with E-state index in [-0.39, 0.29) is 11.5 Å². The van der Waals surface area contributed by atoms with Gasteiger partial charge in [-0.1, -0.05) is 18.2 Å². The van der Waals surface area contributed by atoms with Gasteiger partial charge in [0, 0.05) is 25.5 Å². The molecular weight excluding hydrogens is 252 g/mol. The number of carbonyl (C=O) groups excluding carboxylic acids is 1. The Morgan fingerprint density at radius 1 is 1.40 bits per heavy atom. The first-order valence-electron chi connectivity index (χ1n) is 6.01. The molecule has 0 unspecified atom stereocenters. The van der Waals surface area contributed by atoms with Gasteiger partial charge in [0.05, 0.1) is 0 Å². The smallest absolute Gasteiger partial charge is 0.266 e. The average Bonchev–Trinajstić information content (AvgIpc) is 2.48. The quantitative estimate of drug-likeness (QED) is 0.467. The summed E-state index contributed by atoms with van der Waals surface area (Å²) < 4.78 is 0. The largest absolute Gasteiger partial charge is 0.345 e. The van der Waals surface area contributed by atoms with Crippen LogP contribution in [0.2, 0.25) is 0 Å². The lowest BCUT2D eigenvalue weighted by molar-refractivity contribution is -0.125. The Bertz CT molecular complexity index is 533. The van der Waals surface area contributed by atoms with Crippen LogP contribution in [0.4, 0.5) is 5.82 Å². The van der Waals surface area contributed by atoms with Gasteiger partial charge in [-0.15, -0.1) is 13.2 Å². The molecule has 0 radical (unpaired) electrons. The van der Waals surface area contributed by atoms with Crippen LogP contribution in [0.3, 0.4) is 0 Å². The highest BCUT2D eigenvalue weighted by Gasteiger charge is 2.15. The van der Waals surface area contributed by atoms with E-state index in [0.717, 1.165) is 0 Å². The van der Waals surface area contributed by atoms with Crippen LogP contribution in [0.5, 0.6) is 0 Å². The zero-order chi connectivity index (χ0) is 14.8. The Balaban J connectivity index is 2.83. The van der Waals surface area contributed by atoms with Crippen LogP contribution in [0.1, 0.15) is 0 Å². The molecule has 0 aliphatic rings. The molecule has 1 aromatic heterocycles. The first-order chi connectivity index (χ1) is 9.72. The highest BCUT2D eigenvalue weighted by molar-refractivity contribution is 5.97. The minimum Gasteiger partial charge on any atom is -0.345 e. The third kappa shape index (κ3) is 4.42. The normalized spacial score (nSPS) is 10.2. The fourth-order valence-corrected chi connectivity index (χ4v) is 1.46. The van der Waals surface area contributed by atoms with Crippen molar-refractivity contribution in [2.75, 3.05) is 18.4 Å². The average molecular weight is 268 g/mol. The van der Waals surface area contributed by atoms with Gasteiger partial charge in [-0.2, -0.15) is 5.26 Å². The van der Waals surface area contributed by atoms with E-state index in [1.807, 2.05) is 6.07 Å². The van der Waals surface area contributed by atoms with Gasteiger partial charge in [0.25, 0.3) is 5.91 Å². The van der Waals surface area contributed by atoms with Crippen molar-refractivity contribution in [2.24, 2.45) is 0 Å². The third-order valence-electron chi connectivity index (χ3n) is 2.37. The first kappa shape index (κ1) is 15.2. The summed E-state index contributed by atoms with van der Waals surface area (Å²) in [4.78, 5) is 17.7. The number of carbonyl (C=O) groups is 1. The van der Waals surface area contributed by atoms with Gasteiger partial charge in [0.1, 0.15) is 17.5 Å². The Labute approximate surface area is 118 Å².